The van der Waals surface area contributed by atoms with E-state index < -0.39 is 0 Å². The van der Waals surface area contributed by atoms with Gasteiger partial charge in [0.15, 0.2) is 0 Å². The lowest BCUT2D eigenvalue weighted by Crippen LogP contribution is -2.12. The quantitative estimate of drug-likeness (QED) is 0.841. The van der Waals surface area contributed by atoms with Crippen molar-refractivity contribution in [2.24, 2.45) is 0 Å². The van der Waals surface area contributed by atoms with Crippen LogP contribution in [0.3, 0.4) is 0 Å². The molecule has 2 rings (SSSR count). The van der Waals surface area contributed by atoms with Crippen molar-refractivity contribution in [2.75, 3.05) is 17.7 Å². The van der Waals surface area contributed by atoms with Crippen LogP contribution in [0.2, 0.25) is 0 Å². The van der Waals surface area contributed by atoms with Gasteiger partial charge < -0.3 is 10.6 Å². The van der Waals surface area contributed by atoms with Crippen LogP contribution in [0, 0.1) is 12.7 Å². The molecule has 0 unspecified atom stereocenters. The van der Waals surface area contributed by atoms with Gasteiger partial charge in [0, 0.05) is 17.2 Å². The molecule has 0 aliphatic carbocycles. The Morgan fingerprint density at radius 1 is 1.17 bits per heavy atom. The minimum absolute atomic E-state index is 0.249. The smallest absolute Gasteiger partial charge is 0.146 e. The van der Waals surface area contributed by atoms with E-state index in [1.807, 2.05) is 32.2 Å². The molecule has 2 N–H and O–H groups in total. The second kappa shape index (κ2) is 4.98. The number of aryl methyl sites for hydroxylation is 1. The Hall–Kier alpha value is -1.55. The highest BCUT2D eigenvalue weighted by atomic mass is 79.9. The fourth-order valence-corrected chi connectivity index (χ4v) is 2.42. The third kappa shape index (κ3) is 2.34. The minimum Gasteiger partial charge on any atom is -0.398 e. The normalized spacial score (nSPS) is 10.4. The van der Waals surface area contributed by atoms with Crippen LogP contribution in [0.4, 0.5) is 21.5 Å². The molecule has 0 aromatic heterocycles. The highest BCUT2D eigenvalue weighted by molar-refractivity contribution is 9.10. The fourth-order valence-electron chi connectivity index (χ4n) is 1.79. The summed E-state index contributed by atoms with van der Waals surface area (Å²) in [5.74, 6) is -0.249. The van der Waals surface area contributed by atoms with E-state index in [0.29, 0.717) is 11.4 Å². The summed E-state index contributed by atoms with van der Waals surface area (Å²) in [6, 6.07) is 10.5. The Kier molecular flexibility index (Phi) is 3.57. The molecule has 18 heavy (non-hydrogen) atoms. The fraction of sp³-hybridized carbons (Fsp3) is 0.143. The minimum atomic E-state index is -0.249. The Morgan fingerprint density at radius 3 is 2.50 bits per heavy atom. The molecule has 0 spiro atoms. The number of nitrogens with two attached hydrogens (primary N) is 1. The monoisotopic (exact) mass is 308 g/mol. The van der Waals surface area contributed by atoms with E-state index in [1.54, 1.807) is 17.0 Å². The van der Waals surface area contributed by atoms with Gasteiger partial charge in [0.1, 0.15) is 5.82 Å². The van der Waals surface area contributed by atoms with Crippen molar-refractivity contribution in [1.29, 1.82) is 0 Å². The van der Waals surface area contributed by atoms with Gasteiger partial charge in [-0.1, -0.05) is 12.1 Å². The van der Waals surface area contributed by atoms with Crippen LogP contribution in [0.25, 0.3) is 0 Å². The van der Waals surface area contributed by atoms with Crippen LogP contribution in [0.1, 0.15) is 5.56 Å². The molecule has 94 valence electrons. The lowest BCUT2D eigenvalue weighted by atomic mass is 10.1. The number of hydrogen-bond acceptors (Lipinski definition) is 2. The number of anilines is 3. The summed E-state index contributed by atoms with van der Waals surface area (Å²) in [4.78, 5) is 1.80. The maximum atomic E-state index is 13.8. The van der Waals surface area contributed by atoms with Crippen LogP contribution < -0.4 is 10.6 Å². The lowest BCUT2D eigenvalue weighted by Gasteiger charge is -2.22. The number of nitrogen functional groups attached to an aromatic ring is 1. The molecule has 0 aliphatic heterocycles. The van der Waals surface area contributed by atoms with Crippen molar-refractivity contribution in [3.8, 4) is 0 Å². The van der Waals surface area contributed by atoms with Crippen molar-refractivity contribution in [3.63, 3.8) is 0 Å². The third-order valence-corrected chi connectivity index (χ3v) is 3.55. The van der Waals surface area contributed by atoms with E-state index in [2.05, 4.69) is 15.9 Å². The summed E-state index contributed by atoms with van der Waals surface area (Å²) >= 11 is 3.46. The zero-order chi connectivity index (χ0) is 13.3. The van der Waals surface area contributed by atoms with E-state index >= 15 is 0 Å². The summed E-state index contributed by atoms with van der Waals surface area (Å²) in [6.45, 7) is 1.93. The molecule has 2 aromatic carbocycles. The zero-order valence-corrected chi connectivity index (χ0v) is 11.8. The van der Waals surface area contributed by atoms with Crippen LogP contribution >= 0.6 is 15.9 Å². The molecule has 0 saturated carbocycles. The molecule has 0 heterocycles. The van der Waals surface area contributed by atoms with Gasteiger partial charge in [-0.05, 0) is 52.7 Å². The first-order chi connectivity index (χ1) is 8.50. The number of nitrogens with zero attached hydrogens (tertiary/aromatic N) is 1. The van der Waals surface area contributed by atoms with Crippen LogP contribution in [0.5, 0.6) is 0 Å². The van der Waals surface area contributed by atoms with Gasteiger partial charge >= 0.3 is 0 Å². The molecular formula is C14H14BrFN2. The zero-order valence-electron chi connectivity index (χ0n) is 10.2. The van der Waals surface area contributed by atoms with E-state index in [9.17, 15) is 4.39 Å². The van der Waals surface area contributed by atoms with Crippen molar-refractivity contribution in [2.45, 2.75) is 6.92 Å². The molecule has 0 radical (unpaired) electrons. The molecule has 2 aromatic rings. The largest absolute Gasteiger partial charge is 0.398 e. The van der Waals surface area contributed by atoms with Gasteiger partial charge in [-0.15, -0.1) is 0 Å². The highest BCUT2D eigenvalue weighted by Crippen LogP contribution is 2.34. The summed E-state index contributed by atoms with van der Waals surface area (Å²) in [6.07, 6.45) is 0. The van der Waals surface area contributed by atoms with E-state index in [1.165, 1.54) is 6.07 Å². The standard InChI is InChI=1S/C14H14BrFN2/c1-9-7-14(10(15)8-12(9)17)18(2)13-6-4-3-5-11(13)16/h3-8H,17H2,1-2H3. The summed E-state index contributed by atoms with van der Waals surface area (Å²) in [7, 11) is 1.83. The molecule has 0 fully saturated rings. The number of halogens is 2. The Balaban J connectivity index is 2.50. The van der Waals surface area contributed by atoms with Crippen molar-refractivity contribution in [3.05, 3.63) is 52.3 Å². The molecule has 0 amide bonds. The van der Waals surface area contributed by atoms with E-state index in [0.717, 1.165) is 15.7 Å². The van der Waals surface area contributed by atoms with Crippen LogP contribution in [-0.2, 0) is 0 Å². The average molecular weight is 309 g/mol. The summed E-state index contributed by atoms with van der Waals surface area (Å²) < 4.78 is 14.6. The first kappa shape index (κ1) is 12.9. The maximum absolute atomic E-state index is 13.8. The van der Waals surface area contributed by atoms with Gasteiger partial charge in [0.2, 0.25) is 0 Å². The number of para-hydroxylation sites is 1. The second-order valence-corrected chi connectivity index (χ2v) is 5.02. The van der Waals surface area contributed by atoms with Crippen molar-refractivity contribution in [1.82, 2.24) is 0 Å². The van der Waals surface area contributed by atoms with Gasteiger partial charge in [-0.3, -0.25) is 0 Å². The summed E-state index contributed by atoms with van der Waals surface area (Å²) in [5, 5.41) is 0. The number of hydrogen-bond donors (Lipinski definition) is 1. The van der Waals surface area contributed by atoms with Gasteiger partial charge in [-0.25, -0.2) is 4.39 Å². The molecule has 0 saturated heterocycles. The average Bonchev–Trinajstić information content (AvgIpc) is 2.33. The topological polar surface area (TPSA) is 29.3 Å². The van der Waals surface area contributed by atoms with Crippen LogP contribution in [-0.4, -0.2) is 7.05 Å². The first-order valence-corrected chi connectivity index (χ1v) is 6.34. The van der Waals surface area contributed by atoms with Gasteiger partial charge in [0.25, 0.3) is 0 Å². The Labute approximate surface area is 114 Å². The molecule has 4 heteroatoms. The third-order valence-electron chi connectivity index (χ3n) is 2.91. The van der Waals surface area contributed by atoms with Crippen molar-refractivity contribution < 1.29 is 4.39 Å². The highest BCUT2D eigenvalue weighted by Gasteiger charge is 2.12. The predicted molar refractivity (Wildman–Crippen MR) is 77.8 cm³/mol. The Morgan fingerprint density at radius 2 is 1.83 bits per heavy atom. The molecule has 0 atom stereocenters. The molecule has 0 aliphatic rings. The summed E-state index contributed by atoms with van der Waals surface area (Å²) in [5.41, 5.74) is 8.93. The molecular weight excluding hydrogens is 295 g/mol. The SMILES string of the molecule is Cc1cc(N(C)c2ccccc2F)c(Br)cc1N. The van der Waals surface area contributed by atoms with Gasteiger partial charge in [-0.2, -0.15) is 0 Å². The van der Waals surface area contributed by atoms with E-state index in [4.69, 9.17) is 5.73 Å². The lowest BCUT2D eigenvalue weighted by molar-refractivity contribution is 0.627. The second-order valence-electron chi connectivity index (χ2n) is 4.17. The van der Waals surface area contributed by atoms with Gasteiger partial charge in [0.05, 0.1) is 11.4 Å². The predicted octanol–water partition coefficient (Wildman–Crippen LogP) is 4.25. The van der Waals surface area contributed by atoms with E-state index in [-0.39, 0.29) is 5.82 Å². The molecule has 0 bridgehead atoms. The first-order valence-electron chi connectivity index (χ1n) is 5.54. The Bertz CT molecular complexity index is 584. The maximum Gasteiger partial charge on any atom is 0.146 e. The van der Waals surface area contributed by atoms with Crippen LogP contribution in [0.15, 0.2) is 40.9 Å². The number of rotatable bonds is 2. The number of benzene rings is 2. The molecule has 2 nitrogen and oxygen atoms in total. The van der Waals surface area contributed by atoms with Crippen molar-refractivity contribution >= 4 is 33.0 Å².